The van der Waals surface area contributed by atoms with Crippen LogP contribution in [0, 0.1) is 6.92 Å². The van der Waals surface area contributed by atoms with Gasteiger partial charge in [0.05, 0.1) is 5.69 Å². The minimum absolute atomic E-state index is 0.0141. The number of hydrogen-bond acceptors (Lipinski definition) is 5. The molecule has 2 aromatic heterocycles. The van der Waals surface area contributed by atoms with Gasteiger partial charge in [-0.1, -0.05) is 13.8 Å². The SMILES string of the molecule is Cc1cc(-c2ccc(N3CCN4CCN(C(=O)O)CC4C3)nc2C(C)C)cn(C)c1=O. The van der Waals surface area contributed by atoms with Crippen LogP contribution in [0.1, 0.15) is 31.0 Å². The quantitative estimate of drug-likeness (QED) is 0.813. The highest BCUT2D eigenvalue weighted by Gasteiger charge is 2.34. The molecule has 166 valence electrons. The average molecular weight is 426 g/mol. The lowest BCUT2D eigenvalue weighted by molar-refractivity contribution is 0.0624. The van der Waals surface area contributed by atoms with Crippen molar-refractivity contribution in [3.63, 3.8) is 0 Å². The Balaban J connectivity index is 1.62. The summed E-state index contributed by atoms with van der Waals surface area (Å²) < 4.78 is 1.62. The van der Waals surface area contributed by atoms with Gasteiger partial charge in [0, 0.05) is 75.2 Å². The van der Waals surface area contributed by atoms with E-state index in [2.05, 4.69) is 35.8 Å². The molecule has 0 radical (unpaired) electrons. The van der Waals surface area contributed by atoms with Gasteiger partial charge in [0.1, 0.15) is 5.82 Å². The molecule has 4 heterocycles. The lowest BCUT2D eigenvalue weighted by Crippen LogP contribution is -2.62. The largest absolute Gasteiger partial charge is 0.465 e. The van der Waals surface area contributed by atoms with Crippen molar-refractivity contribution in [1.29, 1.82) is 0 Å². The number of anilines is 1. The number of hydrogen-bond donors (Lipinski definition) is 1. The Labute approximate surface area is 182 Å². The summed E-state index contributed by atoms with van der Waals surface area (Å²) in [6, 6.07) is 6.28. The Kier molecular flexibility index (Phi) is 5.75. The number of aryl methyl sites for hydroxylation is 2. The van der Waals surface area contributed by atoms with E-state index in [1.807, 2.05) is 19.2 Å². The van der Waals surface area contributed by atoms with E-state index >= 15 is 0 Å². The first kappa shape index (κ1) is 21.4. The van der Waals surface area contributed by atoms with E-state index < -0.39 is 6.09 Å². The van der Waals surface area contributed by atoms with Crippen molar-refractivity contribution in [1.82, 2.24) is 19.4 Å². The molecule has 31 heavy (non-hydrogen) atoms. The Morgan fingerprint density at radius 2 is 1.90 bits per heavy atom. The lowest BCUT2D eigenvalue weighted by atomic mass is 9.97. The number of fused-ring (bicyclic) bond motifs is 1. The van der Waals surface area contributed by atoms with Gasteiger partial charge in [0.2, 0.25) is 0 Å². The molecule has 2 saturated heterocycles. The highest BCUT2D eigenvalue weighted by atomic mass is 16.4. The molecule has 0 aromatic carbocycles. The summed E-state index contributed by atoms with van der Waals surface area (Å²) in [6.07, 6.45) is 1.04. The zero-order chi connectivity index (χ0) is 22.3. The number of carbonyl (C=O) groups is 1. The van der Waals surface area contributed by atoms with Gasteiger partial charge < -0.3 is 19.5 Å². The normalized spacial score (nSPS) is 19.6. The Morgan fingerprint density at radius 3 is 2.58 bits per heavy atom. The summed E-state index contributed by atoms with van der Waals surface area (Å²) in [5, 5.41) is 9.36. The number of carboxylic acid groups (broad SMARTS) is 1. The smallest absolute Gasteiger partial charge is 0.407 e. The molecular formula is C23H31N5O3. The zero-order valence-electron chi connectivity index (χ0n) is 18.7. The van der Waals surface area contributed by atoms with Crippen LogP contribution >= 0.6 is 0 Å². The Bertz CT molecular complexity index is 1020. The van der Waals surface area contributed by atoms with Gasteiger partial charge in [-0.3, -0.25) is 9.69 Å². The van der Waals surface area contributed by atoms with E-state index in [1.54, 1.807) is 11.6 Å². The molecule has 2 aliphatic rings. The molecule has 4 rings (SSSR count). The number of pyridine rings is 2. The van der Waals surface area contributed by atoms with Crippen LogP contribution in [0.25, 0.3) is 11.1 Å². The second-order valence-corrected chi connectivity index (χ2v) is 8.95. The summed E-state index contributed by atoms with van der Waals surface area (Å²) in [6.45, 7) is 10.6. The van der Waals surface area contributed by atoms with Crippen LogP contribution in [0.15, 0.2) is 29.2 Å². The van der Waals surface area contributed by atoms with Gasteiger partial charge >= 0.3 is 6.09 Å². The maximum atomic E-state index is 12.1. The zero-order valence-corrected chi connectivity index (χ0v) is 18.7. The second-order valence-electron chi connectivity index (χ2n) is 8.95. The molecule has 0 bridgehead atoms. The predicted molar refractivity (Wildman–Crippen MR) is 121 cm³/mol. The fraction of sp³-hybridized carbons (Fsp3) is 0.522. The van der Waals surface area contributed by atoms with Crippen LogP contribution in [0.5, 0.6) is 0 Å². The van der Waals surface area contributed by atoms with Gasteiger partial charge in [0.25, 0.3) is 5.56 Å². The maximum Gasteiger partial charge on any atom is 0.407 e. The summed E-state index contributed by atoms with van der Waals surface area (Å²) in [5.41, 5.74) is 3.78. The number of rotatable bonds is 3. The van der Waals surface area contributed by atoms with E-state index in [4.69, 9.17) is 4.98 Å². The van der Waals surface area contributed by atoms with Crippen molar-refractivity contribution in [2.24, 2.45) is 7.05 Å². The van der Waals surface area contributed by atoms with Crippen molar-refractivity contribution in [2.45, 2.75) is 32.7 Å². The van der Waals surface area contributed by atoms with Crippen molar-refractivity contribution in [2.75, 3.05) is 44.2 Å². The molecule has 0 aliphatic carbocycles. The molecule has 8 heteroatoms. The van der Waals surface area contributed by atoms with Crippen molar-refractivity contribution in [3.8, 4) is 11.1 Å². The highest BCUT2D eigenvalue weighted by molar-refractivity contribution is 5.68. The molecule has 8 nitrogen and oxygen atoms in total. The summed E-state index contributed by atoms with van der Waals surface area (Å²) in [5.74, 6) is 1.16. The topological polar surface area (TPSA) is 81.9 Å². The molecule has 1 N–H and O–H groups in total. The fourth-order valence-electron chi connectivity index (χ4n) is 4.69. The van der Waals surface area contributed by atoms with Gasteiger partial charge in [-0.15, -0.1) is 0 Å². The molecule has 1 amide bonds. The summed E-state index contributed by atoms with van der Waals surface area (Å²) in [4.78, 5) is 34.7. The number of aromatic nitrogens is 2. The van der Waals surface area contributed by atoms with Crippen molar-refractivity contribution < 1.29 is 9.90 Å². The van der Waals surface area contributed by atoms with Gasteiger partial charge in [-0.25, -0.2) is 9.78 Å². The third-order valence-electron chi connectivity index (χ3n) is 6.42. The molecular weight excluding hydrogens is 394 g/mol. The third-order valence-corrected chi connectivity index (χ3v) is 6.42. The maximum absolute atomic E-state index is 12.1. The molecule has 1 atom stereocenters. The fourth-order valence-corrected chi connectivity index (χ4v) is 4.69. The molecule has 0 spiro atoms. The molecule has 2 aromatic rings. The van der Waals surface area contributed by atoms with E-state index in [0.29, 0.717) is 13.1 Å². The monoisotopic (exact) mass is 425 g/mol. The number of amides is 1. The Hall–Kier alpha value is -2.87. The van der Waals surface area contributed by atoms with Gasteiger partial charge in [0.15, 0.2) is 0 Å². The van der Waals surface area contributed by atoms with E-state index in [1.165, 1.54) is 4.90 Å². The lowest BCUT2D eigenvalue weighted by Gasteiger charge is -2.47. The van der Waals surface area contributed by atoms with Crippen LogP contribution < -0.4 is 10.5 Å². The number of nitrogens with zero attached hydrogens (tertiary/aromatic N) is 5. The second kappa shape index (κ2) is 8.34. The summed E-state index contributed by atoms with van der Waals surface area (Å²) >= 11 is 0. The molecule has 2 fully saturated rings. The first-order valence-electron chi connectivity index (χ1n) is 10.9. The van der Waals surface area contributed by atoms with E-state index in [9.17, 15) is 14.7 Å². The number of piperazine rings is 2. The van der Waals surface area contributed by atoms with Crippen LogP contribution in [-0.4, -0.2) is 75.9 Å². The highest BCUT2D eigenvalue weighted by Crippen LogP contribution is 2.31. The van der Waals surface area contributed by atoms with Crippen LogP contribution in [-0.2, 0) is 7.05 Å². The van der Waals surface area contributed by atoms with E-state index in [-0.39, 0.29) is 17.5 Å². The molecule has 1 unspecified atom stereocenters. The minimum atomic E-state index is -0.839. The van der Waals surface area contributed by atoms with Gasteiger partial charge in [-0.05, 0) is 31.0 Å². The first-order valence-corrected chi connectivity index (χ1v) is 10.9. The van der Waals surface area contributed by atoms with Crippen molar-refractivity contribution >= 4 is 11.9 Å². The van der Waals surface area contributed by atoms with Crippen LogP contribution in [0.3, 0.4) is 0 Å². The standard InChI is InChI=1S/C23H31N5O3/c1-15(2)21-19(17-11-16(3)22(29)25(4)12-17)5-6-20(24-21)27-9-7-26-8-10-28(23(30)31)14-18(26)13-27/h5-6,11-12,15,18H,7-10,13-14H2,1-4H3,(H,30,31). The van der Waals surface area contributed by atoms with E-state index in [0.717, 1.165) is 54.4 Å². The Morgan fingerprint density at radius 1 is 1.16 bits per heavy atom. The average Bonchev–Trinajstić information content (AvgIpc) is 2.75. The van der Waals surface area contributed by atoms with Crippen LogP contribution in [0.4, 0.5) is 10.6 Å². The van der Waals surface area contributed by atoms with Gasteiger partial charge in [-0.2, -0.15) is 0 Å². The predicted octanol–water partition coefficient (Wildman–Crippen LogP) is 2.36. The van der Waals surface area contributed by atoms with Crippen molar-refractivity contribution in [3.05, 3.63) is 46.0 Å². The molecule has 2 aliphatic heterocycles. The first-order chi connectivity index (χ1) is 14.7. The summed E-state index contributed by atoms with van der Waals surface area (Å²) in [7, 11) is 1.78. The third kappa shape index (κ3) is 4.17. The van der Waals surface area contributed by atoms with Crippen LogP contribution in [0.2, 0.25) is 0 Å². The molecule has 0 saturated carbocycles. The minimum Gasteiger partial charge on any atom is -0.465 e.